The molecule has 1 aliphatic rings. The van der Waals surface area contributed by atoms with Gasteiger partial charge in [-0.2, -0.15) is 0 Å². The number of hydrogen-bond acceptors (Lipinski definition) is 5. The van der Waals surface area contributed by atoms with Crippen molar-refractivity contribution >= 4 is 11.3 Å². The molecule has 2 rings (SSSR count). The van der Waals surface area contributed by atoms with Gasteiger partial charge in [-0.05, 0) is 32.7 Å². The van der Waals surface area contributed by atoms with Crippen LogP contribution in [-0.2, 0) is 11.2 Å². The van der Waals surface area contributed by atoms with E-state index >= 15 is 0 Å². The van der Waals surface area contributed by atoms with Crippen molar-refractivity contribution in [3.8, 4) is 0 Å². The van der Waals surface area contributed by atoms with Crippen molar-refractivity contribution in [1.82, 2.24) is 15.2 Å². The maximum atomic E-state index is 5.09. The van der Waals surface area contributed by atoms with Crippen LogP contribution in [0.15, 0.2) is 5.51 Å². The number of aromatic nitrogens is 1. The molecule has 114 valence electrons. The van der Waals surface area contributed by atoms with Crippen LogP contribution in [0, 0.1) is 6.92 Å². The molecule has 1 aliphatic heterocycles. The van der Waals surface area contributed by atoms with Gasteiger partial charge in [0, 0.05) is 37.7 Å². The van der Waals surface area contributed by atoms with Gasteiger partial charge in [-0.15, -0.1) is 11.3 Å². The van der Waals surface area contributed by atoms with E-state index in [0.29, 0.717) is 6.04 Å². The van der Waals surface area contributed by atoms with Crippen LogP contribution >= 0.6 is 11.3 Å². The van der Waals surface area contributed by atoms with Gasteiger partial charge in [0.15, 0.2) is 0 Å². The lowest BCUT2D eigenvalue weighted by atomic mass is 10.0. The quantitative estimate of drug-likeness (QED) is 0.746. The predicted molar refractivity (Wildman–Crippen MR) is 84.5 cm³/mol. The maximum Gasteiger partial charge on any atom is 0.0797 e. The zero-order chi connectivity index (χ0) is 14.2. The lowest BCUT2D eigenvalue weighted by molar-refractivity contribution is 0.142. The van der Waals surface area contributed by atoms with Crippen molar-refractivity contribution in [2.24, 2.45) is 0 Å². The average molecular weight is 297 g/mol. The summed E-state index contributed by atoms with van der Waals surface area (Å²) in [5, 5.41) is 3.51. The summed E-state index contributed by atoms with van der Waals surface area (Å²) in [5.41, 5.74) is 3.17. The topological polar surface area (TPSA) is 37.4 Å². The molecule has 1 atom stereocenters. The summed E-state index contributed by atoms with van der Waals surface area (Å²) in [5.74, 6) is 0. The second-order valence-electron chi connectivity index (χ2n) is 5.49. The SMILES string of the molecule is COCCNCC1CCCCN1CCc1scnc1C. The van der Waals surface area contributed by atoms with Gasteiger partial charge in [-0.1, -0.05) is 6.42 Å². The van der Waals surface area contributed by atoms with Crippen LogP contribution in [0.5, 0.6) is 0 Å². The minimum atomic E-state index is 0.689. The Balaban J connectivity index is 1.76. The number of piperidine rings is 1. The molecule has 2 heterocycles. The highest BCUT2D eigenvalue weighted by molar-refractivity contribution is 7.09. The molecule has 0 saturated carbocycles. The fraction of sp³-hybridized carbons (Fsp3) is 0.800. The Morgan fingerprint density at radius 1 is 1.50 bits per heavy atom. The van der Waals surface area contributed by atoms with Crippen LogP contribution in [0.1, 0.15) is 29.8 Å². The minimum absolute atomic E-state index is 0.689. The molecule has 1 fully saturated rings. The van der Waals surface area contributed by atoms with E-state index in [1.807, 2.05) is 5.51 Å². The van der Waals surface area contributed by atoms with Gasteiger partial charge in [0.05, 0.1) is 17.8 Å². The van der Waals surface area contributed by atoms with Gasteiger partial charge in [-0.3, -0.25) is 4.90 Å². The number of rotatable bonds is 8. The summed E-state index contributed by atoms with van der Waals surface area (Å²) in [6.45, 7) is 7.37. The average Bonchev–Trinajstić information content (AvgIpc) is 2.88. The molecule has 4 nitrogen and oxygen atoms in total. The fourth-order valence-electron chi connectivity index (χ4n) is 2.84. The van der Waals surface area contributed by atoms with Gasteiger partial charge in [-0.25, -0.2) is 4.98 Å². The zero-order valence-electron chi connectivity index (χ0n) is 12.7. The molecule has 1 aromatic rings. The molecule has 0 spiro atoms. The van der Waals surface area contributed by atoms with Crippen molar-refractivity contribution < 1.29 is 4.74 Å². The van der Waals surface area contributed by atoms with Gasteiger partial charge in [0.1, 0.15) is 0 Å². The molecule has 0 aromatic carbocycles. The van der Waals surface area contributed by atoms with Gasteiger partial charge < -0.3 is 10.1 Å². The van der Waals surface area contributed by atoms with Crippen LogP contribution in [0.2, 0.25) is 0 Å². The van der Waals surface area contributed by atoms with E-state index in [9.17, 15) is 0 Å². The second-order valence-corrected chi connectivity index (χ2v) is 6.43. The smallest absolute Gasteiger partial charge is 0.0797 e. The Kier molecular flexibility index (Phi) is 6.93. The third kappa shape index (κ3) is 4.81. The summed E-state index contributed by atoms with van der Waals surface area (Å²) in [7, 11) is 1.76. The Hall–Kier alpha value is -0.490. The Morgan fingerprint density at radius 2 is 2.40 bits per heavy atom. The van der Waals surface area contributed by atoms with E-state index in [2.05, 4.69) is 22.1 Å². The van der Waals surface area contributed by atoms with Crippen LogP contribution < -0.4 is 5.32 Å². The molecule has 5 heteroatoms. The number of hydrogen-bond donors (Lipinski definition) is 1. The Labute approximate surface area is 126 Å². The fourth-order valence-corrected chi connectivity index (χ4v) is 3.61. The van der Waals surface area contributed by atoms with Gasteiger partial charge >= 0.3 is 0 Å². The first kappa shape index (κ1) is 15.9. The van der Waals surface area contributed by atoms with Crippen LogP contribution in [-0.4, -0.2) is 55.8 Å². The zero-order valence-corrected chi connectivity index (χ0v) is 13.5. The lowest BCUT2D eigenvalue weighted by Crippen LogP contribution is -2.46. The standard InChI is InChI=1S/C15H27N3OS/c1-13-15(20-12-17-13)6-9-18-8-4-3-5-14(18)11-16-7-10-19-2/h12,14,16H,3-11H2,1-2H3. The normalized spacial score (nSPS) is 20.4. The van der Waals surface area contributed by atoms with E-state index in [0.717, 1.165) is 26.1 Å². The van der Waals surface area contributed by atoms with E-state index in [1.54, 1.807) is 18.4 Å². The Bertz CT molecular complexity index is 383. The predicted octanol–water partition coefficient (Wildman–Crippen LogP) is 2.08. The highest BCUT2D eigenvalue weighted by Crippen LogP contribution is 2.19. The summed E-state index contributed by atoms with van der Waals surface area (Å²) >= 11 is 1.79. The summed E-state index contributed by atoms with van der Waals surface area (Å²) in [6, 6.07) is 0.689. The van der Waals surface area contributed by atoms with Gasteiger partial charge in [0.2, 0.25) is 0 Å². The summed E-state index contributed by atoms with van der Waals surface area (Å²) in [6.07, 6.45) is 5.18. The number of thiazole rings is 1. The number of ether oxygens (including phenoxy) is 1. The van der Waals surface area contributed by atoms with Crippen LogP contribution in [0.25, 0.3) is 0 Å². The monoisotopic (exact) mass is 297 g/mol. The number of nitrogens with one attached hydrogen (secondary N) is 1. The first-order valence-electron chi connectivity index (χ1n) is 7.64. The molecule has 1 saturated heterocycles. The van der Waals surface area contributed by atoms with Crippen molar-refractivity contribution in [3.05, 3.63) is 16.1 Å². The van der Waals surface area contributed by atoms with E-state index in [4.69, 9.17) is 4.74 Å². The molecule has 1 aromatic heterocycles. The van der Waals surface area contributed by atoms with E-state index in [1.165, 1.54) is 42.9 Å². The van der Waals surface area contributed by atoms with Crippen LogP contribution in [0.3, 0.4) is 0 Å². The lowest BCUT2D eigenvalue weighted by Gasteiger charge is -2.36. The molecule has 1 unspecified atom stereocenters. The van der Waals surface area contributed by atoms with Crippen LogP contribution in [0.4, 0.5) is 0 Å². The molecular formula is C15H27N3OS. The van der Waals surface area contributed by atoms with Crippen molar-refractivity contribution in [2.45, 2.75) is 38.6 Å². The molecule has 0 radical (unpaired) electrons. The highest BCUT2D eigenvalue weighted by Gasteiger charge is 2.21. The maximum absolute atomic E-state index is 5.09. The highest BCUT2D eigenvalue weighted by atomic mass is 32.1. The van der Waals surface area contributed by atoms with Crippen molar-refractivity contribution in [1.29, 1.82) is 0 Å². The summed E-state index contributed by atoms with van der Waals surface area (Å²) in [4.78, 5) is 8.44. The first-order chi connectivity index (χ1) is 9.81. The van der Waals surface area contributed by atoms with Gasteiger partial charge in [0.25, 0.3) is 0 Å². The molecule has 20 heavy (non-hydrogen) atoms. The third-order valence-corrected chi connectivity index (χ3v) is 5.08. The molecule has 0 amide bonds. The number of aryl methyl sites for hydroxylation is 1. The number of nitrogens with zero attached hydrogens (tertiary/aromatic N) is 2. The Morgan fingerprint density at radius 3 is 3.15 bits per heavy atom. The molecular weight excluding hydrogens is 270 g/mol. The van der Waals surface area contributed by atoms with E-state index < -0.39 is 0 Å². The summed E-state index contributed by atoms with van der Waals surface area (Å²) < 4.78 is 5.09. The van der Waals surface area contributed by atoms with E-state index in [-0.39, 0.29) is 0 Å². The third-order valence-electron chi connectivity index (χ3n) is 4.08. The van der Waals surface area contributed by atoms with Crippen molar-refractivity contribution in [2.75, 3.05) is 39.9 Å². The molecule has 0 bridgehead atoms. The number of methoxy groups -OCH3 is 1. The molecule has 1 N–H and O–H groups in total. The number of likely N-dealkylation sites (tertiary alicyclic amines) is 1. The molecule has 0 aliphatic carbocycles. The second kappa shape index (κ2) is 8.72. The largest absolute Gasteiger partial charge is 0.383 e. The first-order valence-corrected chi connectivity index (χ1v) is 8.52. The van der Waals surface area contributed by atoms with Crippen molar-refractivity contribution in [3.63, 3.8) is 0 Å². The minimum Gasteiger partial charge on any atom is -0.383 e.